The molecule has 1 aliphatic carbocycles. The number of hydrogen-bond donors (Lipinski definition) is 1. The van der Waals surface area contributed by atoms with Gasteiger partial charge in [0.2, 0.25) is 0 Å². The Morgan fingerprint density at radius 1 is 1.18 bits per heavy atom. The maximum atomic E-state index is 14.1. The lowest BCUT2D eigenvalue weighted by Crippen LogP contribution is -2.25. The average Bonchev–Trinajstić information content (AvgIpc) is 3.69. The first-order valence-corrected chi connectivity index (χ1v) is 13.7. The van der Waals surface area contributed by atoms with E-state index in [1.807, 2.05) is 36.0 Å². The van der Waals surface area contributed by atoms with Gasteiger partial charge in [-0.2, -0.15) is 5.10 Å². The molecule has 1 saturated carbocycles. The lowest BCUT2D eigenvalue weighted by atomic mass is 10.0. The van der Waals surface area contributed by atoms with Gasteiger partial charge in [-0.05, 0) is 61.9 Å². The number of rotatable bonds is 6. The number of carbonyl (C=O) groups excluding carboxylic acids is 1. The van der Waals surface area contributed by atoms with Gasteiger partial charge in [-0.1, -0.05) is 17.7 Å². The van der Waals surface area contributed by atoms with E-state index in [4.69, 9.17) is 26.1 Å². The summed E-state index contributed by atoms with van der Waals surface area (Å²) in [4.78, 5) is 19.7. The fourth-order valence-electron chi connectivity index (χ4n) is 6.17. The second-order valence-electron chi connectivity index (χ2n) is 10.4. The highest BCUT2D eigenvalue weighted by molar-refractivity contribution is 6.33. The number of anilines is 1. The van der Waals surface area contributed by atoms with Crippen LogP contribution in [0.1, 0.15) is 30.1 Å². The Bertz CT molecular complexity index is 1700. The maximum absolute atomic E-state index is 14.1. The SMILES string of the molecule is CCOc1cc(-c2ccc(N3CC4CC(OC(=O)c5c(F)cccc5Cl)CC4C3)nc2)c2c3cn[nH]c3nn2c1. The number of ether oxygens (including phenoxy) is 2. The average molecular weight is 561 g/mol. The van der Waals surface area contributed by atoms with Gasteiger partial charge in [-0.3, -0.25) is 5.10 Å². The summed E-state index contributed by atoms with van der Waals surface area (Å²) in [6.07, 6.45) is 6.77. The van der Waals surface area contributed by atoms with Crippen LogP contribution < -0.4 is 9.64 Å². The number of benzene rings is 1. The molecule has 40 heavy (non-hydrogen) atoms. The molecule has 1 aromatic carbocycles. The van der Waals surface area contributed by atoms with Crippen molar-refractivity contribution >= 4 is 39.9 Å². The van der Waals surface area contributed by atoms with Crippen LogP contribution in [-0.4, -0.2) is 56.6 Å². The van der Waals surface area contributed by atoms with Crippen molar-refractivity contribution in [2.45, 2.75) is 25.9 Å². The van der Waals surface area contributed by atoms with Gasteiger partial charge in [0.25, 0.3) is 0 Å². The van der Waals surface area contributed by atoms with Crippen LogP contribution in [0.4, 0.5) is 10.2 Å². The highest BCUT2D eigenvalue weighted by atomic mass is 35.5. The molecular weight excluding hydrogens is 535 g/mol. The van der Waals surface area contributed by atoms with Crippen molar-refractivity contribution in [1.29, 1.82) is 0 Å². The zero-order valence-corrected chi connectivity index (χ0v) is 22.4. The Morgan fingerprint density at radius 3 is 2.73 bits per heavy atom. The lowest BCUT2D eigenvalue weighted by Gasteiger charge is -2.21. The predicted octanol–water partition coefficient (Wildman–Crippen LogP) is 5.54. The van der Waals surface area contributed by atoms with E-state index in [1.54, 1.807) is 6.20 Å². The van der Waals surface area contributed by atoms with Crippen molar-refractivity contribution in [3.8, 4) is 16.9 Å². The van der Waals surface area contributed by atoms with Crippen LogP contribution in [0.5, 0.6) is 5.75 Å². The summed E-state index contributed by atoms with van der Waals surface area (Å²) in [7, 11) is 0. The summed E-state index contributed by atoms with van der Waals surface area (Å²) in [5.74, 6) is 1.02. The number of pyridine rings is 2. The third-order valence-corrected chi connectivity index (χ3v) is 8.26. The fourth-order valence-corrected chi connectivity index (χ4v) is 6.41. The molecule has 1 saturated heterocycles. The molecule has 5 heterocycles. The third-order valence-electron chi connectivity index (χ3n) is 7.94. The zero-order chi connectivity index (χ0) is 27.4. The van der Waals surface area contributed by atoms with Gasteiger partial charge in [-0.15, -0.1) is 5.10 Å². The van der Waals surface area contributed by atoms with Crippen LogP contribution in [0.2, 0.25) is 5.02 Å². The molecule has 0 bridgehead atoms. The molecule has 1 aliphatic heterocycles. The van der Waals surface area contributed by atoms with Crippen LogP contribution >= 0.6 is 11.6 Å². The minimum absolute atomic E-state index is 0.0663. The molecule has 2 atom stereocenters. The standard InChI is InChI=1S/C29H26ClFN6O3/c1-2-39-20-10-21(27-22-12-33-34-28(22)35-37(27)15-20)16-6-7-25(32-11-16)36-13-17-8-19(9-18(17)14-36)40-29(38)26-23(30)4-3-5-24(26)31/h3-7,10-12,15,17-19H,2,8-9,13-14H2,1H3,(H,34,35). The van der Waals surface area contributed by atoms with Gasteiger partial charge in [0.1, 0.15) is 29.1 Å². The van der Waals surface area contributed by atoms with Crippen molar-refractivity contribution in [3.05, 3.63) is 71.4 Å². The summed E-state index contributed by atoms with van der Waals surface area (Å²) in [5, 5.41) is 12.7. The van der Waals surface area contributed by atoms with Crippen molar-refractivity contribution in [2.24, 2.45) is 11.8 Å². The van der Waals surface area contributed by atoms with Gasteiger partial charge in [0.15, 0.2) is 5.65 Å². The molecule has 5 aromatic rings. The minimum Gasteiger partial charge on any atom is -0.492 e. The number of H-pyrrole nitrogens is 1. The number of fused-ring (bicyclic) bond motifs is 4. The molecule has 2 aliphatic rings. The van der Waals surface area contributed by atoms with E-state index in [0.29, 0.717) is 24.1 Å². The zero-order valence-electron chi connectivity index (χ0n) is 21.7. The largest absolute Gasteiger partial charge is 0.492 e. The molecule has 1 N–H and O–H groups in total. The summed E-state index contributed by atoms with van der Waals surface area (Å²) in [6.45, 7) is 4.16. The Labute approximate surface area is 233 Å². The lowest BCUT2D eigenvalue weighted by molar-refractivity contribution is 0.0297. The molecule has 11 heteroatoms. The van der Waals surface area contributed by atoms with E-state index in [-0.39, 0.29) is 16.7 Å². The van der Waals surface area contributed by atoms with Gasteiger partial charge in [0, 0.05) is 30.4 Å². The van der Waals surface area contributed by atoms with Crippen molar-refractivity contribution in [1.82, 2.24) is 24.8 Å². The van der Waals surface area contributed by atoms with Crippen LogP contribution in [0, 0.1) is 17.7 Å². The van der Waals surface area contributed by atoms with Crippen LogP contribution in [0.25, 0.3) is 27.7 Å². The van der Waals surface area contributed by atoms with Gasteiger partial charge < -0.3 is 14.4 Å². The van der Waals surface area contributed by atoms with Crippen molar-refractivity contribution < 1.29 is 18.7 Å². The Hall–Kier alpha value is -4.18. The second kappa shape index (κ2) is 9.78. The fraction of sp³-hybridized carbons (Fsp3) is 0.310. The van der Waals surface area contributed by atoms with Crippen molar-refractivity contribution in [2.75, 3.05) is 24.6 Å². The Morgan fingerprint density at radius 2 is 2.00 bits per heavy atom. The number of aromatic amines is 1. The number of nitrogens with one attached hydrogen (secondary N) is 1. The van der Waals surface area contributed by atoms with E-state index >= 15 is 0 Å². The first-order valence-electron chi connectivity index (χ1n) is 13.3. The van der Waals surface area contributed by atoms with E-state index in [0.717, 1.165) is 59.5 Å². The molecule has 4 aromatic heterocycles. The summed E-state index contributed by atoms with van der Waals surface area (Å²) in [5.41, 5.74) is 3.38. The third kappa shape index (κ3) is 4.23. The van der Waals surface area contributed by atoms with Gasteiger partial charge in [0.05, 0.1) is 34.9 Å². The highest BCUT2D eigenvalue weighted by Gasteiger charge is 2.43. The second-order valence-corrected chi connectivity index (χ2v) is 10.8. The summed E-state index contributed by atoms with van der Waals surface area (Å²) < 4.78 is 27.4. The summed E-state index contributed by atoms with van der Waals surface area (Å²) in [6, 6.07) is 10.3. The number of hydrogen-bond acceptors (Lipinski definition) is 7. The van der Waals surface area contributed by atoms with E-state index in [9.17, 15) is 9.18 Å². The normalized spacial score (nSPS) is 20.4. The van der Waals surface area contributed by atoms with E-state index < -0.39 is 11.8 Å². The molecule has 0 radical (unpaired) electrons. The first kappa shape index (κ1) is 24.8. The van der Waals surface area contributed by atoms with Crippen LogP contribution in [0.15, 0.2) is 55.0 Å². The molecule has 7 rings (SSSR count). The molecular formula is C29H26ClFN6O3. The maximum Gasteiger partial charge on any atom is 0.342 e. The summed E-state index contributed by atoms with van der Waals surface area (Å²) >= 11 is 6.04. The quantitative estimate of drug-likeness (QED) is 0.272. The molecule has 0 amide bonds. The van der Waals surface area contributed by atoms with E-state index in [1.165, 1.54) is 18.2 Å². The van der Waals surface area contributed by atoms with Crippen LogP contribution in [0.3, 0.4) is 0 Å². The number of nitrogens with zero attached hydrogens (tertiary/aromatic N) is 5. The smallest absolute Gasteiger partial charge is 0.342 e. The molecule has 204 valence electrons. The molecule has 2 unspecified atom stereocenters. The number of halogens is 2. The van der Waals surface area contributed by atoms with Gasteiger partial charge in [-0.25, -0.2) is 18.7 Å². The predicted molar refractivity (Wildman–Crippen MR) is 148 cm³/mol. The molecule has 9 nitrogen and oxygen atoms in total. The van der Waals surface area contributed by atoms with Crippen LogP contribution in [-0.2, 0) is 4.74 Å². The first-order chi connectivity index (χ1) is 19.5. The Balaban J connectivity index is 1.06. The van der Waals surface area contributed by atoms with E-state index in [2.05, 4.69) is 26.3 Å². The highest BCUT2D eigenvalue weighted by Crippen LogP contribution is 2.41. The van der Waals surface area contributed by atoms with Crippen molar-refractivity contribution in [3.63, 3.8) is 0 Å². The number of esters is 1. The topological polar surface area (TPSA) is 97.6 Å². The molecule has 2 fully saturated rings. The number of carbonyl (C=O) groups is 1. The monoisotopic (exact) mass is 560 g/mol. The number of aromatic nitrogens is 5. The minimum atomic E-state index is -0.699. The van der Waals surface area contributed by atoms with Gasteiger partial charge >= 0.3 is 5.97 Å². The Kier molecular flexibility index (Phi) is 6.07. The molecule has 0 spiro atoms.